The Morgan fingerprint density at radius 2 is 0.979 bits per heavy atom. The average Bonchev–Trinajstić information content (AvgIpc) is 3.09. The molecule has 0 bridgehead atoms. The summed E-state index contributed by atoms with van der Waals surface area (Å²) in [6.45, 7) is 10.7. The second-order valence-electron chi connectivity index (χ2n) is 14.3. The molecule has 7 heteroatoms. The third kappa shape index (κ3) is 22.0. The van der Waals surface area contributed by atoms with Gasteiger partial charge in [-0.05, 0) is 71.0 Å². The molecule has 0 saturated heterocycles. The van der Waals surface area contributed by atoms with Gasteiger partial charge in [0.25, 0.3) is 10.9 Å². The van der Waals surface area contributed by atoms with E-state index in [4.69, 9.17) is 4.74 Å². The number of nitrogens with zero attached hydrogens (tertiary/aromatic N) is 1. The first-order chi connectivity index (χ1) is 23.5. The molecule has 7 nitrogen and oxygen atoms in total. The summed E-state index contributed by atoms with van der Waals surface area (Å²) < 4.78 is 6.04. The number of anilines is 2. The fourth-order valence-electron chi connectivity index (χ4n) is 6.71. The molecule has 1 aromatic rings. The van der Waals surface area contributed by atoms with Gasteiger partial charge in [-0.1, -0.05) is 136 Å². The lowest BCUT2D eigenvalue weighted by Crippen LogP contribution is -2.37. The van der Waals surface area contributed by atoms with Crippen LogP contribution in [0.25, 0.3) is 0 Å². The Morgan fingerprint density at radius 1 is 0.562 bits per heavy atom. The number of ether oxygens (including phenoxy) is 1. The molecular formula is C41H77N3O4. The molecule has 0 aliphatic carbocycles. The lowest BCUT2D eigenvalue weighted by atomic mass is 10.0. The number of hydrogen-bond donors (Lipinski definition) is 2. The molecule has 0 radical (unpaired) electrons. The van der Waals surface area contributed by atoms with Crippen LogP contribution in [0.4, 0.5) is 11.4 Å². The average molecular weight is 676 g/mol. The van der Waals surface area contributed by atoms with Crippen molar-refractivity contribution in [2.75, 3.05) is 43.9 Å². The van der Waals surface area contributed by atoms with Crippen molar-refractivity contribution in [1.29, 1.82) is 0 Å². The number of nitrogens with one attached hydrogen (secondary N) is 2. The van der Waals surface area contributed by atoms with Crippen LogP contribution in [0.2, 0.25) is 0 Å². The predicted octanol–water partition coefficient (Wildman–Crippen LogP) is 10.5. The third-order valence-electron chi connectivity index (χ3n) is 9.85. The second kappa shape index (κ2) is 31.1. The lowest BCUT2D eigenvalue weighted by molar-refractivity contribution is -0.150. The van der Waals surface area contributed by atoms with Crippen LogP contribution in [-0.2, 0) is 9.53 Å². The van der Waals surface area contributed by atoms with E-state index in [0.29, 0.717) is 24.3 Å². The smallest absolute Gasteiger partial charge is 0.306 e. The summed E-state index contributed by atoms with van der Waals surface area (Å²) in [7, 11) is 1.68. The van der Waals surface area contributed by atoms with Gasteiger partial charge in [-0.3, -0.25) is 14.4 Å². The topological polar surface area (TPSA) is 87.7 Å². The van der Waals surface area contributed by atoms with E-state index in [1.54, 1.807) is 7.05 Å². The van der Waals surface area contributed by atoms with Crippen LogP contribution < -0.4 is 21.5 Å². The number of unbranched alkanes of at least 4 members (excludes halogenated alkanes) is 19. The Labute approximate surface area is 295 Å². The minimum Gasteiger partial charge on any atom is -0.462 e. The molecule has 0 heterocycles. The van der Waals surface area contributed by atoms with E-state index in [0.717, 1.165) is 58.2 Å². The van der Waals surface area contributed by atoms with Crippen LogP contribution in [-0.4, -0.2) is 50.2 Å². The van der Waals surface area contributed by atoms with E-state index in [2.05, 4.69) is 36.3 Å². The monoisotopic (exact) mass is 676 g/mol. The minimum absolute atomic E-state index is 0.0151. The summed E-state index contributed by atoms with van der Waals surface area (Å²) in [5, 5.41) is 6.01. The van der Waals surface area contributed by atoms with Crippen molar-refractivity contribution in [3.8, 4) is 0 Å². The maximum absolute atomic E-state index is 12.7. The molecule has 280 valence electrons. The Hall–Kier alpha value is -1.89. The van der Waals surface area contributed by atoms with Crippen LogP contribution in [0.15, 0.2) is 9.59 Å². The maximum Gasteiger partial charge on any atom is 0.306 e. The van der Waals surface area contributed by atoms with Gasteiger partial charge in [-0.25, -0.2) is 0 Å². The summed E-state index contributed by atoms with van der Waals surface area (Å²) in [5.74, 6) is 0.0151. The fraction of sp³-hybridized carbons (Fsp3) is 0.878. The van der Waals surface area contributed by atoms with Gasteiger partial charge in [-0.15, -0.1) is 0 Å². The number of rotatable bonds is 36. The highest BCUT2D eigenvalue weighted by molar-refractivity contribution is 5.73. The van der Waals surface area contributed by atoms with Gasteiger partial charge in [0.1, 0.15) is 17.5 Å². The molecule has 0 aromatic heterocycles. The normalized spacial score (nSPS) is 11.6. The standard InChI is InChI=1S/C41H77N3O4/c1-5-8-11-14-18-23-29-36(30-24-19-15-12-9-6-2)48-37(45)31-25-20-17-22-27-34-44(33-26-21-16-13-10-7-3)35-28-32-43-39-38(42-4)40(46)41(39)47/h36,42-43H,5-35H2,1-4H3. The van der Waals surface area contributed by atoms with Crippen molar-refractivity contribution < 1.29 is 9.53 Å². The van der Waals surface area contributed by atoms with E-state index >= 15 is 0 Å². The van der Waals surface area contributed by atoms with Crippen LogP contribution in [0.3, 0.4) is 0 Å². The van der Waals surface area contributed by atoms with Gasteiger partial charge in [0, 0.05) is 20.0 Å². The SMILES string of the molecule is CCCCCCCCC(CCCCCCCC)OC(=O)CCCCCCCN(CCCCCCCC)CCCNc1c(NC)c(=O)c1=O. The zero-order valence-corrected chi connectivity index (χ0v) is 32.1. The zero-order valence-electron chi connectivity index (χ0n) is 32.1. The molecule has 0 amide bonds. The number of hydrogen-bond acceptors (Lipinski definition) is 7. The van der Waals surface area contributed by atoms with Crippen molar-refractivity contribution in [3.05, 3.63) is 20.4 Å². The largest absolute Gasteiger partial charge is 0.462 e. The summed E-state index contributed by atoms with van der Waals surface area (Å²) >= 11 is 0. The van der Waals surface area contributed by atoms with E-state index < -0.39 is 10.9 Å². The molecule has 0 saturated carbocycles. The minimum atomic E-state index is -0.419. The van der Waals surface area contributed by atoms with E-state index in [9.17, 15) is 14.4 Å². The van der Waals surface area contributed by atoms with Crippen LogP contribution in [0, 0.1) is 0 Å². The maximum atomic E-state index is 12.7. The van der Waals surface area contributed by atoms with E-state index in [1.165, 1.54) is 128 Å². The summed E-state index contributed by atoms with van der Waals surface area (Å²) in [4.78, 5) is 38.8. The van der Waals surface area contributed by atoms with Gasteiger partial charge >= 0.3 is 5.97 Å². The molecule has 0 aliphatic rings. The summed E-state index contributed by atoms with van der Waals surface area (Å²) in [6.07, 6.45) is 32.4. The summed E-state index contributed by atoms with van der Waals surface area (Å²) in [6, 6.07) is 0. The lowest BCUT2D eigenvalue weighted by Gasteiger charge is -2.23. The van der Waals surface area contributed by atoms with Crippen molar-refractivity contribution >= 4 is 17.3 Å². The first-order valence-electron chi connectivity index (χ1n) is 20.6. The molecule has 0 aliphatic heterocycles. The molecule has 1 rings (SSSR count). The fourth-order valence-corrected chi connectivity index (χ4v) is 6.71. The molecule has 0 unspecified atom stereocenters. The molecule has 0 spiro atoms. The molecular weight excluding hydrogens is 598 g/mol. The summed E-state index contributed by atoms with van der Waals surface area (Å²) in [5.41, 5.74) is 0.0359. The molecule has 1 aromatic carbocycles. The highest BCUT2D eigenvalue weighted by Crippen LogP contribution is 2.19. The zero-order chi connectivity index (χ0) is 35.1. The Bertz CT molecular complexity index is 942. The molecule has 0 atom stereocenters. The highest BCUT2D eigenvalue weighted by atomic mass is 16.5. The predicted molar refractivity (Wildman–Crippen MR) is 207 cm³/mol. The number of carbonyl (C=O) groups is 1. The first-order valence-corrected chi connectivity index (χ1v) is 20.6. The van der Waals surface area contributed by atoms with Crippen LogP contribution in [0.5, 0.6) is 0 Å². The van der Waals surface area contributed by atoms with Gasteiger partial charge in [0.15, 0.2) is 0 Å². The number of carbonyl (C=O) groups excluding carboxylic acids is 1. The van der Waals surface area contributed by atoms with Crippen molar-refractivity contribution in [3.63, 3.8) is 0 Å². The van der Waals surface area contributed by atoms with Gasteiger partial charge in [0.2, 0.25) is 0 Å². The van der Waals surface area contributed by atoms with Crippen molar-refractivity contribution in [1.82, 2.24) is 4.90 Å². The van der Waals surface area contributed by atoms with Gasteiger partial charge in [-0.2, -0.15) is 0 Å². The van der Waals surface area contributed by atoms with Crippen LogP contribution >= 0.6 is 0 Å². The van der Waals surface area contributed by atoms with Gasteiger partial charge in [0.05, 0.1) is 0 Å². The second-order valence-corrected chi connectivity index (χ2v) is 14.3. The van der Waals surface area contributed by atoms with Crippen LogP contribution in [0.1, 0.15) is 194 Å². The molecule has 0 fully saturated rings. The highest BCUT2D eigenvalue weighted by Gasteiger charge is 2.19. The van der Waals surface area contributed by atoms with Crippen molar-refractivity contribution in [2.24, 2.45) is 0 Å². The van der Waals surface area contributed by atoms with Crippen molar-refractivity contribution in [2.45, 2.75) is 200 Å². The molecule has 48 heavy (non-hydrogen) atoms. The van der Waals surface area contributed by atoms with Gasteiger partial charge < -0.3 is 20.3 Å². The Morgan fingerprint density at radius 3 is 1.48 bits per heavy atom. The molecule has 2 N–H and O–H groups in total. The number of esters is 1. The quantitative estimate of drug-likeness (QED) is 0.0416. The third-order valence-corrected chi connectivity index (χ3v) is 9.85. The van der Waals surface area contributed by atoms with E-state index in [1.807, 2.05) is 0 Å². The first kappa shape index (κ1) is 44.1. The Balaban J connectivity index is 2.33. The Kier molecular flexibility index (Phi) is 28.6. The van der Waals surface area contributed by atoms with E-state index in [-0.39, 0.29) is 12.1 Å².